The van der Waals surface area contributed by atoms with Gasteiger partial charge in [-0.3, -0.25) is 4.79 Å². The van der Waals surface area contributed by atoms with Gasteiger partial charge in [-0.05, 0) is 6.42 Å². The van der Waals surface area contributed by atoms with Gasteiger partial charge in [-0.2, -0.15) is 0 Å². The van der Waals surface area contributed by atoms with E-state index in [9.17, 15) is 9.59 Å². The van der Waals surface area contributed by atoms with E-state index < -0.39 is 12.6 Å². The van der Waals surface area contributed by atoms with E-state index in [0.717, 1.165) is 12.8 Å². The summed E-state index contributed by atoms with van der Waals surface area (Å²) in [6.07, 6.45) is 12.7. The van der Waals surface area contributed by atoms with Crippen LogP contribution in [0.15, 0.2) is 0 Å². The average Bonchev–Trinajstić information content (AvgIpc) is 2.44. The highest BCUT2D eigenvalue weighted by Gasteiger charge is 2.02. The smallest absolute Gasteiger partial charge is 0.329 e. The summed E-state index contributed by atoms with van der Waals surface area (Å²) in [5, 5.41) is 11.1. The molecule has 0 heterocycles. The van der Waals surface area contributed by atoms with Crippen LogP contribution in [0.25, 0.3) is 0 Å². The maximum absolute atomic E-state index is 11.3. The molecule has 0 aromatic carbocycles. The van der Waals surface area contributed by atoms with E-state index in [-0.39, 0.29) is 12.5 Å². The predicted octanol–water partition coefficient (Wildman–Crippen LogP) is 3.12. The fraction of sp³-hybridized carbons (Fsp3) is 0.875. The minimum atomic E-state index is -1.06. The molecule has 1 amide bonds. The van der Waals surface area contributed by atoms with Crippen LogP contribution in [-0.2, 0) is 14.3 Å². The van der Waals surface area contributed by atoms with Crippen molar-refractivity contribution in [3.8, 4) is 0 Å². The molecule has 0 atom stereocenters. The zero-order valence-electron chi connectivity index (χ0n) is 13.4. The number of nitrogens with one attached hydrogen (secondary N) is 1. The van der Waals surface area contributed by atoms with Crippen molar-refractivity contribution >= 4 is 11.9 Å². The Morgan fingerprint density at radius 2 is 1.38 bits per heavy atom. The largest absolute Gasteiger partial charge is 0.480 e. The number of rotatable bonds is 15. The lowest BCUT2D eigenvalue weighted by atomic mass is 10.1. The summed E-state index contributed by atoms with van der Waals surface area (Å²) >= 11 is 0. The number of ether oxygens (including phenoxy) is 1. The Bertz CT molecular complexity index is 269. The number of hydrogen-bond acceptors (Lipinski definition) is 3. The Labute approximate surface area is 128 Å². The third kappa shape index (κ3) is 16.8. The number of aliphatic carboxylic acids is 1. The number of hydrogen-bond donors (Lipinski definition) is 2. The molecule has 0 aromatic rings. The molecule has 5 nitrogen and oxygen atoms in total. The fourth-order valence-corrected chi connectivity index (χ4v) is 2.12. The van der Waals surface area contributed by atoms with Crippen LogP contribution in [0.1, 0.15) is 71.1 Å². The molecular formula is C16H31NO4. The number of carbonyl (C=O) groups excluding carboxylic acids is 1. The van der Waals surface area contributed by atoms with Crippen molar-refractivity contribution < 1.29 is 19.4 Å². The topological polar surface area (TPSA) is 75.6 Å². The Morgan fingerprint density at radius 3 is 1.90 bits per heavy atom. The Morgan fingerprint density at radius 1 is 0.857 bits per heavy atom. The molecule has 0 unspecified atom stereocenters. The highest BCUT2D eigenvalue weighted by Crippen LogP contribution is 2.10. The first-order valence-corrected chi connectivity index (χ1v) is 8.23. The van der Waals surface area contributed by atoms with Gasteiger partial charge in [0.15, 0.2) is 0 Å². The summed E-state index contributed by atoms with van der Waals surface area (Å²) in [5.41, 5.74) is 0. The van der Waals surface area contributed by atoms with Gasteiger partial charge in [0, 0.05) is 6.54 Å². The highest BCUT2D eigenvalue weighted by atomic mass is 16.5. The van der Waals surface area contributed by atoms with Crippen molar-refractivity contribution in [2.75, 3.05) is 19.8 Å². The van der Waals surface area contributed by atoms with Gasteiger partial charge in [0.05, 0.1) is 0 Å². The second-order valence-corrected chi connectivity index (χ2v) is 5.42. The first kappa shape index (κ1) is 19.9. The quantitative estimate of drug-likeness (QED) is 0.456. The summed E-state index contributed by atoms with van der Waals surface area (Å²) in [6, 6.07) is 0. The molecule has 0 radical (unpaired) electrons. The molecule has 0 spiro atoms. The van der Waals surface area contributed by atoms with E-state index in [0.29, 0.717) is 6.54 Å². The summed E-state index contributed by atoms with van der Waals surface area (Å²) in [7, 11) is 0. The van der Waals surface area contributed by atoms with E-state index in [1.807, 2.05) is 0 Å². The summed E-state index contributed by atoms with van der Waals surface area (Å²) in [5.74, 6) is -1.30. The molecule has 0 saturated heterocycles. The van der Waals surface area contributed by atoms with Crippen LogP contribution in [0.4, 0.5) is 0 Å². The number of carboxylic acids is 1. The third-order valence-electron chi connectivity index (χ3n) is 3.31. The van der Waals surface area contributed by atoms with Crippen molar-refractivity contribution in [2.24, 2.45) is 0 Å². The molecule has 2 N–H and O–H groups in total. The molecule has 21 heavy (non-hydrogen) atoms. The van der Waals surface area contributed by atoms with Gasteiger partial charge in [0.2, 0.25) is 5.91 Å². The zero-order valence-corrected chi connectivity index (χ0v) is 13.4. The Kier molecular flexibility index (Phi) is 14.5. The zero-order chi connectivity index (χ0) is 15.8. The van der Waals surface area contributed by atoms with Crippen molar-refractivity contribution in [1.29, 1.82) is 0 Å². The molecule has 124 valence electrons. The van der Waals surface area contributed by atoms with Crippen LogP contribution in [-0.4, -0.2) is 36.7 Å². The number of carboxylic acid groups (broad SMARTS) is 1. The van der Waals surface area contributed by atoms with E-state index in [1.54, 1.807) is 0 Å². The minimum Gasteiger partial charge on any atom is -0.480 e. The summed E-state index contributed by atoms with van der Waals surface area (Å²) in [6.45, 7) is 2.28. The normalized spacial score (nSPS) is 10.5. The Hall–Kier alpha value is -1.10. The second kappa shape index (κ2) is 15.3. The first-order chi connectivity index (χ1) is 10.2. The number of amides is 1. The van der Waals surface area contributed by atoms with Gasteiger partial charge in [-0.1, -0.05) is 64.7 Å². The van der Waals surface area contributed by atoms with E-state index in [2.05, 4.69) is 12.2 Å². The van der Waals surface area contributed by atoms with Gasteiger partial charge < -0.3 is 15.2 Å². The number of unbranched alkanes of at least 4 members (excludes halogenated alkanes) is 9. The van der Waals surface area contributed by atoms with Crippen molar-refractivity contribution in [2.45, 2.75) is 71.1 Å². The molecule has 5 heteroatoms. The van der Waals surface area contributed by atoms with Crippen LogP contribution in [0.2, 0.25) is 0 Å². The molecule has 0 aliphatic heterocycles. The van der Waals surface area contributed by atoms with Crippen LogP contribution < -0.4 is 5.32 Å². The van der Waals surface area contributed by atoms with E-state index in [1.165, 1.54) is 51.4 Å². The van der Waals surface area contributed by atoms with Crippen molar-refractivity contribution in [3.63, 3.8) is 0 Å². The highest BCUT2D eigenvalue weighted by molar-refractivity contribution is 5.77. The van der Waals surface area contributed by atoms with E-state index in [4.69, 9.17) is 9.84 Å². The monoisotopic (exact) mass is 301 g/mol. The number of carbonyl (C=O) groups is 2. The predicted molar refractivity (Wildman–Crippen MR) is 83.3 cm³/mol. The lowest BCUT2D eigenvalue weighted by molar-refractivity contribution is -0.143. The second-order valence-electron chi connectivity index (χ2n) is 5.42. The van der Waals surface area contributed by atoms with Crippen LogP contribution >= 0.6 is 0 Å². The maximum Gasteiger partial charge on any atom is 0.329 e. The van der Waals surface area contributed by atoms with Gasteiger partial charge in [0.1, 0.15) is 13.2 Å². The average molecular weight is 301 g/mol. The standard InChI is InChI=1S/C16H31NO4/c1-2-3-4-5-6-7-8-9-10-11-12-17-15(18)13-21-14-16(19)20/h2-14H2,1H3,(H,17,18)(H,19,20). The molecule has 0 aliphatic carbocycles. The molecule has 0 fully saturated rings. The molecule has 0 rings (SSSR count). The van der Waals surface area contributed by atoms with Gasteiger partial charge >= 0.3 is 5.97 Å². The van der Waals surface area contributed by atoms with E-state index >= 15 is 0 Å². The molecular weight excluding hydrogens is 270 g/mol. The minimum absolute atomic E-state index is 0.177. The van der Waals surface area contributed by atoms with Crippen molar-refractivity contribution in [3.05, 3.63) is 0 Å². The first-order valence-electron chi connectivity index (χ1n) is 8.23. The molecule has 0 aromatic heterocycles. The summed E-state index contributed by atoms with van der Waals surface area (Å²) in [4.78, 5) is 21.4. The fourth-order valence-electron chi connectivity index (χ4n) is 2.12. The van der Waals surface area contributed by atoms with Gasteiger partial charge in [0.25, 0.3) is 0 Å². The molecule has 0 aliphatic rings. The molecule has 0 bridgehead atoms. The van der Waals surface area contributed by atoms with Crippen LogP contribution in [0.3, 0.4) is 0 Å². The third-order valence-corrected chi connectivity index (χ3v) is 3.31. The van der Waals surface area contributed by atoms with Crippen LogP contribution in [0.5, 0.6) is 0 Å². The van der Waals surface area contributed by atoms with Gasteiger partial charge in [-0.15, -0.1) is 0 Å². The lowest BCUT2D eigenvalue weighted by Crippen LogP contribution is -2.29. The lowest BCUT2D eigenvalue weighted by Gasteiger charge is -2.05. The SMILES string of the molecule is CCCCCCCCCCCCNC(=O)COCC(=O)O. The Balaban J connectivity index is 3.14. The molecule has 0 saturated carbocycles. The van der Waals surface area contributed by atoms with Crippen molar-refractivity contribution in [1.82, 2.24) is 5.32 Å². The van der Waals surface area contributed by atoms with Gasteiger partial charge in [-0.25, -0.2) is 4.79 Å². The summed E-state index contributed by atoms with van der Waals surface area (Å²) < 4.78 is 4.70. The maximum atomic E-state index is 11.3. The van der Waals surface area contributed by atoms with Crippen LogP contribution in [0, 0.1) is 0 Å².